The fourth-order valence-corrected chi connectivity index (χ4v) is 1.65. The highest BCUT2D eigenvalue weighted by Crippen LogP contribution is 2.16. The molecular formula is C8H12ClNO2S. The number of carboxylic acids is 1. The number of hydrogen-bond acceptors (Lipinski definition) is 3. The van der Waals surface area contributed by atoms with Crippen molar-refractivity contribution in [3.63, 3.8) is 0 Å². The molecule has 74 valence electrons. The third-order valence-electron chi connectivity index (χ3n) is 1.39. The Labute approximate surface area is 87.2 Å². The summed E-state index contributed by atoms with van der Waals surface area (Å²) in [5.74, 6) is -0.772. The second kappa shape index (κ2) is 5.83. The molecule has 0 radical (unpaired) electrons. The highest BCUT2D eigenvalue weighted by Gasteiger charge is 2.06. The molecule has 13 heavy (non-hydrogen) atoms. The van der Waals surface area contributed by atoms with Crippen LogP contribution in [0, 0.1) is 0 Å². The van der Waals surface area contributed by atoms with E-state index in [9.17, 15) is 4.79 Å². The van der Waals surface area contributed by atoms with Crippen LogP contribution < -0.4 is 5.32 Å². The first-order valence-corrected chi connectivity index (χ1v) is 4.58. The predicted molar refractivity (Wildman–Crippen MR) is 56.9 cm³/mol. The van der Waals surface area contributed by atoms with Gasteiger partial charge in [-0.25, -0.2) is 0 Å². The van der Waals surface area contributed by atoms with Gasteiger partial charge in [0.2, 0.25) is 0 Å². The Balaban J connectivity index is 0.00000144. The summed E-state index contributed by atoms with van der Waals surface area (Å²) in [6.45, 7) is 1.86. The van der Waals surface area contributed by atoms with E-state index < -0.39 is 5.97 Å². The normalized spacial score (nSPS) is 11.5. The van der Waals surface area contributed by atoms with Crippen LogP contribution in [0.2, 0.25) is 0 Å². The van der Waals surface area contributed by atoms with Crippen molar-refractivity contribution in [1.82, 2.24) is 0 Å². The number of carbonyl (C=O) groups is 1. The molecule has 0 amide bonds. The topological polar surface area (TPSA) is 49.3 Å². The van der Waals surface area contributed by atoms with Crippen molar-refractivity contribution in [2.45, 2.75) is 19.4 Å². The minimum Gasteiger partial charge on any atom is -0.481 e. The summed E-state index contributed by atoms with van der Waals surface area (Å²) < 4.78 is 0. The third kappa shape index (κ3) is 4.75. The molecule has 1 rings (SSSR count). The number of thiophene rings is 1. The van der Waals surface area contributed by atoms with Crippen LogP contribution in [0.1, 0.15) is 13.3 Å². The average molecular weight is 222 g/mol. The van der Waals surface area contributed by atoms with Crippen molar-refractivity contribution >= 4 is 34.7 Å². The molecule has 0 spiro atoms. The first-order valence-electron chi connectivity index (χ1n) is 3.70. The second-order valence-corrected chi connectivity index (χ2v) is 3.57. The summed E-state index contributed by atoms with van der Waals surface area (Å²) in [6, 6.07) is 3.85. The fraction of sp³-hybridized carbons (Fsp3) is 0.375. The van der Waals surface area contributed by atoms with Crippen molar-refractivity contribution < 1.29 is 9.90 Å². The van der Waals surface area contributed by atoms with Crippen molar-refractivity contribution in [2.75, 3.05) is 5.32 Å². The first kappa shape index (κ1) is 12.3. The molecule has 1 aromatic heterocycles. The second-order valence-electron chi connectivity index (χ2n) is 2.62. The lowest BCUT2D eigenvalue weighted by Crippen LogP contribution is -2.18. The van der Waals surface area contributed by atoms with Crippen molar-refractivity contribution in [2.24, 2.45) is 0 Å². The molecule has 0 aliphatic carbocycles. The zero-order valence-electron chi connectivity index (χ0n) is 7.19. The fourth-order valence-electron chi connectivity index (χ4n) is 0.916. The van der Waals surface area contributed by atoms with Gasteiger partial charge in [0.05, 0.1) is 11.4 Å². The third-order valence-corrected chi connectivity index (χ3v) is 2.19. The smallest absolute Gasteiger partial charge is 0.305 e. The molecule has 0 aliphatic heterocycles. The number of carboxylic acid groups (broad SMARTS) is 1. The molecule has 5 heteroatoms. The van der Waals surface area contributed by atoms with E-state index in [0.717, 1.165) is 5.00 Å². The summed E-state index contributed by atoms with van der Waals surface area (Å²) in [6.07, 6.45) is 0.151. The molecule has 2 N–H and O–H groups in total. The minimum absolute atomic E-state index is 0. The Morgan fingerprint density at radius 1 is 1.77 bits per heavy atom. The molecule has 0 fully saturated rings. The van der Waals surface area contributed by atoms with Gasteiger partial charge in [0.1, 0.15) is 0 Å². The molecule has 3 nitrogen and oxygen atoms in total. The van der Waals surface area contributed by atoms with Crippen LogP contribution >= 0.6 is 23.7 Å². The van der Waals surface area contributed by atoms with E-state index in [0.29, 0.717) is 0 Å². The highest BCUT2D eigenvalue weighted by atomic mass is 35.5. The van der Waals surface area contributed by atoms with Gasteiger partial charge in [-0.3, -0.25) is 4.79 Å². The number of anilines is 1. The lowest BCUT2D eigenvalue weighted by Gasteiger charge is -2.09. The molecular weight excluding hydrogens is 210 g/mol. The van der Waals surface area contributed by atoms with Gasteiger partial charge in [-0.05, 0) is 24.4 Å². The largest absolute Gasteiger partial charge is 0.481 e. The van der Waals surface area contributed by atoms with Crippen LogP contribution in [-0.4, -0.2) is 17.1 Å². The summed E-state index contributed by atoms with van der Waals surface area (Å²) >= 11 is 1.57. The van der Waals surface area contributed by atoms with E-state index in [1.165, 1.54) is 0 Å². The molecule has 0 unspecified atom stereocenters. The van der Waals surface area contributed by atoms with Gasteiger partial charge in [0.25, 0.3) is 0 Å². The molecule has 1 atom stereocenters. The van der Waals surface area contributed by atoms with Gasteiger partial charge >= 0.3 is 5.97 Å². The minimum atomic E-state index is -0.772. The Hall–Kier alpha value is -0.740. The Morgan fingerprint density at radius 3 is 2.92 bits per heavy atom. The van der Waals surface area contributed by atoms with Crippen LogP contribution in [-0.2, 0) is 4.79 Å². The van der Waals surface area contributed by atoms with E-state index in [2.05, 4.69) is 5.32 Å². The van der Waals surface area contributed by atoms with Crippen molar-refractivity contribution in [1.29, 1.82) is 0 Å². The Bertz CT molecular complexity index is 251. The molecule has 1 aromatic rings. The Morgan fingerprint density at radius 2 is 2.46 bits per heavy atom. The van der Waals surface area contributed by atoms with E-state index in [4.69, 9.17) is 5.11 Å². The SMILES string of the molecule is C[C@H](CC(=O)O)Nc1cccs1.Cl. The van der Waals surface area contributed by atoms with E-state index in [1.807, 2.05) is 24.4 Å². The molecule has 0 aliphatic rings. The summed E-state index contributed by atoms with van der Waals surface area (Å²) in [5, 5.41) is 14.5. The highest BCUT2D eigenvalue weighted by molar-refractivity contribution is 7.14. The van der Waals surface area contributed by atoms with Crippen LogP contribution in [0.3, 0.4) is 0 Å². The van der Waals surface area contributed by atoms with Crippen LogP contribution in [0.15, 0.2) is 17.5 Å². The van der Waals surface area contributed by atoms with Gasteiger partial charge in [-0.2, -0.15) is 0 Å². The van der Waals surface area contributed by atoms with Gasteiger partial charge < -0.3 is 10.4 Å². The monoisotopic (exact) mass is 221 g/mol. The molecule has 0 saturated heterocycles. The molecule has 0 bridgehead atoms. The maximum Gasteiger partial charge on any atom is 0.305 e. The molecule has 1 heterocycles. The van der Waals surface area contributed by atoms with E-state index >= 15 is 0 Å². The number of rotatable bonds is 4. The lowest BCUT2D eigenvalue weighted by atomic mass is 10.2. The lowest BCUT2D eigenvalue weighted by molar-refractivity contribution is -0.137. The quantitative estimate of drug-likeness (QED) is 0.821. The first-order chi connectivity index (χ1) is 5.68. The van der Waals surface area contributed by atoms with Gasteiger partial charge in [0.15, 0.2) is 0 Å². The predicted octanol–water partition coefficient (Wildman–Crippen LogP) is 2.45. The van der Waals surface area contributed by atoms with Crippen LogP contribution in [0.5, 0.6) is 0 Å². The van der Waals surface area contributed by atoms with Crippen molar-refractivity contribution in [3.05, 3.63) is 17.5 Å². The van der Waals surface area contributed by atoms with Crippen LogP contribution in [0.25, 0.3) is 0 Å². The standard InChI is InChI=1S/C8H11NO2S.ClH/c1-6(5-8(10)11)9-7-3-2-4-12-7;/h2-4,6,9H,5H2,1H3,(H,10,11);1H/t6-;/m1./s1. The maximum atomic E-state index is 10.3. The van der Waals surface area contributed by atoms with E-state index in [1.54, 1.807) is 11.3 Å². The van der Waals surface area contributed by atoms with Crippen molar-refractivity contribution in [3.8, 4) is 0 Å². The summed E-state index contributed by atoms with van der Waals surface area (Å²) in [4.78, 5) is 10.3. The number of halogens is 1. The summed E-state index contributed by atoms with van der Waals surface area (Å²) in [7, 11) is 0. The Kier molecular flexibility index (Phi) is 5.50. The molecule has 0 aromatic carbocycles. The van der Waals surface area contributed by atoms with Gasteiger partial charge in [-0.1, -0.05) is 0 Å². The maximum absolute atomic E-state index is 10.3. The zero-order chi connectivity index (χ0) is 8.97. The van der Waals surface area contributed by atoms with Crippen LogP contribution in [0.4, 0.5) is 5.00 Å². The van der Waals surface area contributed by atoms with E-state index in [-0.39, 0.29) is 24.9 Å². The number of hydrogen-bond donors (Lipinski definition) is 2. The number of aliphatic carboxylic acids is 1. The van der Waals surface area contributed by atoms with Gasteiger partial charge in [-0.15, -0.1) is 23.7 Å². The zero-order valence-corrected chi connectivity index (χ0v) is 8.82. The summed E-state index contributed by atoms with van der Waals surface area (Å²) in [5.41, 5.74) is 0. The average Bonchev–Trinajstić information content (AvgIpc) is 2.37. The van der Waals surface area contributed by atoms with Gasteiger partial charge in [0, 0.05) is 6.04 Å². The number of nitrogens with one attached hydrogen (secondary N) is 1. The molecule has 0 saturated carbocycles.